The Kier molecular flexibility index (Phi) is 2.17. The molecule has 5 N–H and O–H groups in total. The zero-order chi connectivity index (χ0) is 10.2. The first-order chi connectivity index (χ1) is 5.88. The van der Waals surface area contributed by atoms with E-state index in [1.54, 1.807) is 0 Å². The maximum atomic E-state index is 11.0. The summed E-state index contributed by atoms with van der Waals surface area (Å²) in [5.41, 5.74) is 9.02. The molecule has 1 heterocycles. The van der Waals surface area contributed by atoms with Crippen molar-refractivity contribution in [3.8, 4) is 0 Å². The summed E-state index contributed by atoms with van der Waals surface area (Å²) < 4.78 is 0. The fourth-order valence-electron chi connectivity index (χ4n) is 1.61. The molecule has 74 valence electrons. The van der Waals surface area contributed by atoms with Gasteiger partial charge in [0.1, 0.15) is 5.54 Å². The average molecular weight is 187 g/mol. The molecule has 1 aliphatic rings. The van der Waals surface area contributed by atoms with Crippen molar-refractivity contribution in [2.75, 3.05) is 6.54 Å². The number of hydrogen-bond donors (Lipinski definition) is 3. The summed E-state index contributed by atoms with van der Waals surface area (Å²) >= 11 is 0. The number of hydrogen-bond acceptors (Lipinski definition) is 3. The molecule has 0 aromatic rings. The van der Waals surface area contributed by atoms with Crippen LogP contribution in [-0.2, 0) is 4.79 Å². The van der Waals surface area contributed by atoms with Crippen molar-refractivity contribution >= 4 is 11.9 Å². The number of nitrogens with zero attached hydrogens (tertiary/aromatic N) is 1. The predicted octanol–water partition coefficient (Wildman–Crippen LogP) is -1.62. The smallest absolute Gasteiger partial charge is 0.315 e. The lowest BCUT2D eigenvalue weighted by Crippen LogP contribution is -2.55. The predicted molar refractivity (Wildman–Crippen MR) is 44.5 cm³/mol. The molecule has 1 rings (SSSR count). The topological polar surface area (TPSA) is 110 Å². The number of urea groups is 1. The second kappa shape index (κ2) is 2.88. The van der Waals surface area contributed by atoms with E-state index in [0.717, 1.165) is 4.90 Å². The maximum absolute atomic E-state index is 11.0. The Morgan fingerprint density at radius 3 is 2.38 bits per heavy atom. The van der Waals surface area contributed by atoms with Crippen molar-refractivity contribution in [1.82, 2.24) is 4.90 Å². The zero-order valence-corrected chi connectivity index (χ0v) is 7.36. The van der Waals surface area contributed by atoms with Gasteiger partial charge in [-0.25, -0.2) is 4.79 Å². The van der Waals surface area contributed by atoms with Crippen LogP contribution in [0.2, 0.25) is 0 Å². The lowest BCUT2D eigenvalue weighted by molar-refractivity contribution is -0.126. The largest absolute Gasteiger partial charge is 0.391 e. The van der Waals surface area contributed by atoms with E-state index in [4.69, 9.17) is 11.5 Å². The molecule has 0 aromatic carbocycles. The van der Waals surface area contributed by atoms with Crippen LogP contribution in [0, 0.1) is 0 Å². The van der Waals surface area contributed by atoms with Gasteiger partial charge < -0.3 is 21.5 Å². The van der Waals surface area contributed by atoms with Crippen molar-refractivity contribution < 1.29 is 14.7 Å². The highest BCUT2D eigenvalue weighted by molar-refractivity contribution is 5.89. The van der Waals surface area contributed by atoms with Gasteiger partial charge in [0.2, 0.25) is 5.91 Å². The van der Waals surface area contributed by atoms with Crippen molar-refractivity contribution in [3.05, 3.63) is 0 Å². The van der Waals surface area contributed by atoms with Crippen LogP contribution in [0.15, 0.2) is 0 Å². The lowest BCUT2D eigenvalue weighted by atomic mass is 9.98. The van der Waals surface area contributed by atoms with Gasteiger partial charge in [0.25, 0.3) is 0 Å². The molecular formula is C7H13N3O3. The van der Waals surface area contributed by atoms with Crippen LogP contribution in [0.5, 0.6) is 0 Å². The molecule has 0 spiro atoms. The number of likely N-dealkylation sites (tertiary alicyclic amines) is 1. The highest BCUT2D eigenvalue weighted by Gasteiger charge is 2.47. The summed E-state index contributed by atoms with van der Waals surface area (Å²) in [6.07, 6.45) is -0.587. The van der Waals surface area contributed by atoms with Crippen molar-refractivity contribution in [3.63, 3.8) is 0 Å². The van der Waals surface area contributed by atoms with Crippen molar-refractivity contribution in [2.24, 2.45) is 11.5 Å². The van der Waals surface area contributed by atoms with Crippen molar-refractivity contribution in [2.45, 2.75) is 25.0 Å². The second-order valence-corrected chi connectivity index (χ2v) is 3.44. The minimum atomic E-state index is -1.15. The van der Waals surface area contributed by atoms with Gasteiger partial charge in [0, 0.05) is 13.0 Å². The first-order valence-corrected chi connectivity index (χ1v) is 3.93. The molecule has 6 nitrogen and oxygen atoms in total. The number of carbonyl (C=O) groups is 2. The number of amides is 3. The van der Waals surface area contributed by atoms with Gasteiger partial charge >= 0.3 is 6.03 Å². The van der Waals surface area contributed by atoms with Crippen LogP contribution in [-0.4, -0.2) is 40.1 Å². The Balaban J connectivity index is 2.95. The van der Waals surface area contributed by atoms with E-state index in [1.165, 1.54) is 6.92 Å². The Bertz CT molecular complexity index is 255. The highest BCUT2D eigenvalue weighted by atomic mass is 16.3. The number of aliphatic hydroxyl groups excluding tert-OH is 1. The standard InChI is InChI=1S/C7H13N3O3/c1-7(5(8)12)2-4(11)3-10(7)6(9)13/h4,11H,2-3H2,1H3,(H2,8,12)(H2,9,13). The molecule has 6 heteroatoms. The molecule has 1 fully saturated rings. The molecule has 0 bridgehead atoms. The molecule has 1 aliphatic heterocycles. The Morgan fingerprint density at radius 1 is 1.54 bits per heavy atom. The van der Waals surface area contributed by atoms with Gasteiger partial charge in [-0.2, -0.15) is 0 Å². The van der Waals surface area contributed by atoms with E-state index < -0.39 is 23.6 Å². The van der Waals surface area contributed by atoms with E-state index in [0.29, 0.717) is 0 Å². The number of nitrogens with two attached hydrogens (primary N) is 2. The second-order valence-electron chi connectivity index (χ2n) is 3.44. The Hall–Kier alpha value is -1.30. The summed E-state index contributed by atoms with van der Waals surface area (Å²) in [4.78, 5) is 23.0. The monoisotopic (exact) mass is 187 g/mol. The third-order valence-corrected chi connectivity index (χ3v) is 2.42. The van der Waals surface area contributed by atoms with Gasteiger partial charge in [-0.15, -0.1) is 0 Å². The minimum Gasteiger partial charge on any atom is -0.391 e. The van der Waals surface area contributed by atoms with Gasteiger partial charge in [0.05, 0.1) is 6.10 Å². The quantitative estimate of drug-likeness (QED) is 0.458. The molecule has 2 unspecified atom stereocenters. The fourth-order valence-corrected chi connectivity index (χ4v) is 1.61. The molecular weight excluding hydrogens is 174 g/mol. The summed E-state index contributed by atoms with van der Waals surface area (Å²) in [5, 5.41) is 9.28. The molecule has 3 amide bonds. The minimum absolute atomic E-state index is 0.0643. The fraction of sp³-hybridized carbons (Fsp3) is 0.714. The van der Waals surface area contributed by atoms with E-state index in [-0.39, 0.29) is 13.0 Å². The number of primary amides is 2. The number of aliphatic hydroxyl groups is 1. The normalized spacial score (nSPS) is 33.4. The van der Waals surface area contributed by atoms with Crippen LogP contribution >= 0.6 is 0 Å². The first-order valence-electron chi connectivity index (χ1n) is 3.93. The molecule has 0 radical (unpaired) electrons. The van der Waals surface area contributed by atoms with Crippen LogP contribution in [0.4, 0.5) is 4.79 Å². The Morgan fingerprint density at radius 2 is 2.08 bits per heavy atom. The molecule has 13 heavy (non-hydrogen) atoms. The van der Waals surface area contributed by atoms with E-state index in [9.17, 15) is 14.7 Å². The third-order valence-electron chi connectivity index (χ3n) is 2.42. The van der Waals surface area contributed by atoms with Crippen LogP contribution in [0.25, 0.3) is 0 Å². The van der Waals surface area contributed by atoms with Crippen LogP contribution in [0.3, 0.4) is 0 Å². The molecule has 0 saturated carbocycles. The number of rotatable bonds is 1. The van der Waals surface area contributed by atoms with Crippen LogP contribution in [0.1, 0.15) is 13.3 Å². The summed E-state index contributed by atoms with van der Waals surface area (Å²) in [7, 11) is 0. The molecule has 0 aliphatic carbocycles. The summed E-state index contributed by atoms with van der Waals surface area (Å²) in [5.74, 6) is -0.650. The highest BCUT2D eigenvalue weighted by Crippen LogP contribution is 2.28. The maximum Gasteiger partial charge on any atom is 0.315 e. The number of carbonyl (C=O) groups excluding carboxylic acids is 2. The van der Waals surface area contributed by atoms with Crippen LogP contribution < -0.4 is 11.5 Å². The lowest BCUT2D eigenvalue weighted by Gasteiger charge is -2.29. The van der Waals surface area contributed by atoms with E-state index in [1.807, 2.05) is 0 Å². The number of β-amino-alcohol motifs (C(OH)–C–C–N with tert-alkyl or cyclic N) is 1. The summed E-state index contributed by atoms with van der Waals surface area (Å²) in [6, 6.07) is -0.738. The SMILES string of the molecule is CC1(C(N)=O)CC(O)CN1C(N)=O. The Labute approximate surface area is 75.5 Å². The molecule has 2 atom stereocenters. The average Bonchev–Trinajstić information content (AvgIpc) is 2.27. The van der Waals surface area contributed by atoms with E-state index >= 15 is 0 Å². The zero-order valence-electron chi connectivity index (χ0n) is 7.36. The summed E-state index contributed by atoms with van der Waals surface area (Å²) in [6.45, 7) is 1.56. The van der Waals surface area contributed by atoms with Gasteiger partial charge in [-0.05, 0) is 6.92 Å². The van der Waals surface area contributed by atoms with Gasteiger partial charge in [-0.3, -0.25) is 4.79 Å². The third kappa shape index (κ3) is 1.44. The van der Waals surface area contributed by atoms with Crippen molar-refractivity contribution in [1.29, 1.82) is 0 Å². The first kappa shape index (κ1) is 9.79. The van der Waals surface area contributed by atoms with Gasteiger partial charge in [0.15, 0.2) is 0 Å². The van der Waals surface area contributed by atoms with Gasteiger partial charge in [-0.1, -0.05) is 0 Å². The van der Waals surface area contributed by atoms with E-state index in [2.05, 4.69) is 0 Å². The molecule has 0 aromatic heterocycles. The molecule has 1 saturated heterocycles.